The number of benzene rings is 2. The van der Waals surface area contributed by atoms with Crippen LogP contribution < -0.4 is 4.18 Å². The second-order valence-corrected chi connectivity index (χ2v) is 12.7. The molecule has 0 heterocycles. The van der Waals surface area contributed by atoms with Crippen molar-refractivity contribution in [2.75, 3.05) is 0 Å². The van der Waals surface area contributed by atoms with Crippen molar-refractivity contribution in [1.29, 1.82) is 0 Å². The molecule has 0 unspecified atom stereocenters. The molecule has 0 aliphatic heterocycles. The average molecular weight is 497 g/mol. The third kappa shape index (κ3) is 5.97. The SMILES string of the molecule is Cc1cc(S(=O)(=O)O)c(C(C)C)cc1OS(=O)(=O)c1c(C(C)C)cc(C(C)C)cc1C(C)C. The Morgan fingerprint density at radius 3 is 1.52 bits per heavy atom. The number of rotatable bonds is 8. The highest BCUT2D eigenvalue weighted by molar-refractivity contribution is 7.87. The van der Waals surface area contributed by atoms with E-state index >= 15 is 0 Å². The Morgan fingerprint density at radius 2 is 1.15 bits per heavy atom. The van der Waals surface area contributed by atoms with Crippen molar-refractivity contribution < 1.29 is 25.6 Å². The van der Waals surface area contributed by atoms with E-state index in [9.17, 15) is 21.4 Å². The predicted molar refractivity (Wildman–Crippen MR) is 132 cm³/mol. The lowest BCUT2D eigenvalue weighted by atomic mass is 9.89. The van der Waals surface area contributed by atoms with Crippen LogP contribution in [-0.2, 0) is 20.2 Å². The lowest BCUT2D eigenvalue weighted by Gasteiger charge is -2.23. The molecule has 6 nitrogen and oxygen atoms in total. The van der Waals surface area contributed by atoms with Crippen molar-refractivity contribution in [1.82, 2.24) is 0 Å². The minimum atomic E-state index is -4.47. The predicted octanol–water partition coefficient (Wildman–Crippen LogP) is 6.50. The van der Waals surface area contributed by atoms with Gasteiger partial charge in [-0.3, -0.25) is 4.55 Å². The highest BCUT2D eigenvalue weighted by Gasteiger charge is 2.30. The Labute approximate surface area is 199 Å². The maximum Gasteiger partial charge on any atom is 0.339 e. The first-order valence-electron chi connectivity index (χ1n) is 11.2. The van der Waals surface area contributed by atoms with Crippen LogP contribution in [0.2, 0.25) is 0 Å². The average Bonchev–Trinajstić information content (AvgIpc) is 2.66. The van der Waals surface area contributed by atoms with E-state index in [0.29, 0.717) is 16.7 Å². The van der Waals surface area contributed by atoms with Crippen LogP contribution >= 0.6 is 0 Å². The van der Waals surface area contributed by atoms with Crippen LogP contribution in [0, 0.1) is 6.92 Å². The van der Waals surface area contributed by atoms with Gasteiger partial charge in [-0.1, -0.05) is 67.5 Å². The van der Waals surface area contributed by atoms with Crippen molar-refractivity contribution in [3.8, 4) is 5.75 Å². The van der Waals surface area contributed by atoms with Gasteiger partial charge in [-0.2, -0.15) is 16.8 Å². The second kappa shape index (κ2) is 9.76. The fourth-order valence-corrected chi connectivity index (χ4v) is 6.36. The molecule has 0 saturated heterocycles. The zero-order valence-electron chi connectivity index (χ0n) is 20.9. The van der Waals surface area contributed by atoms with Gasteiger partial charge in [-0.05, 0) is 70.5 Å². The van der Waals surface area contributed by atoms with Crippen molar-refractivity contribution in [2.24, 2.45) is 0 Å². The fraction of sp³-hybridized carbons (Fsp3) is 0.520. The molecule has 0 amide bonds. The molecule has 0 radical (unpaired) electrons. The van der Waals surface area contributed by atoms with Gasteiger partial charge in [0.05, 0.1) is 4.90 Å². The van der Waals surface area contributed by atoms with Crippen molar-refractivity contribution >= 4 is 20.2 Å². The highest BCUT2D eigenvalue weighted by Crippen LogP contribution is 2.38. The first-order chi connectivity index (χ1) is 15.0. The van der Waals surface area contributed by atoms with Crippen LogP contribution in [0.25, 0.3) is 0 Å². The third-order valence-corrected chi connectivity index (χ3v) is 8.02. The topological polar surface area (TPSA) is 97.7 Å². The molecule has 0 spiro atoms. The fourth-order valence-electron chi connectivity index (χ4n) is 3.78. The number of hydrogen-bond donors (Lipinski definition) is 1. The van der Waals surface area contributed by atoms with E-state index in [1.807, 2.05) is 39.8 Å². The number of hydrogen-bond acceptors (Lipinski definition) is 5. The Kier molecular flexibility index (Phi) is 8.09. The standard InChI is InChI=1S/C25H36O6S2/c1-14(2)19-11-21(16(5)6)25(22(12-19)17(7)8)33(29,30)31-23-13-20(15(3)4)24(10-18(23)9)32(26,27)28/h10-17H,1-9H3,(H,26,27,28). The Morgan fingerprint density at radius 1 is 0.697 bits per heavy atom. The van der Waals surface area contributed by atoms with Gasteiger partial charge < -0.3 is 4.18 Å². The normalized spacial score (nSPS) is 12.9. The summed E-state index contributed by atoms with van der Waals surface area (Å²) in [6, 6.07) is 6.52. The van der Waals surface area contributed by atoms with Gasteiger partial charge in [-0.15, -0.1) is 0 Å². The molecule has 2 aromatic carbocycles. The summed E-state index contributed by atoms with van der Waals surface area (Å²) in [5, 5.41) is 0. The monoisotopic (exact) mass is 496 g/mol. The van der Waals surface area contributed by atoms with Gasteiger partial charge in [0.25, 0.3) is 10.1 Å². The number of aryl methyl sites for hydroxylation is 1. The van der Waals surface area contributed by atoms with E-state index < -0.39 is 20.2 Å². The summed E-state index contributed by atoms with van der Waals surface area (Å²) in [5.74, 6) is -0.104. The molecule has 33 heavy (non-hydrogen) atoms. The van der Waals surface area contributed by atoms with Crippen LogP contribution in [-0.4, -0.2) is 21.4 Å². The first kappa shape index (κ1) is 27.3. The molecule has 0 bridgehead atoms. The van der Waals surface area contributed by atoms with E-state index in [0.717, 1.165) is 5.56 Å². The molecular formula is C25H36O6S2. The second-order valence-electron chi connectivity index (χ2n) is 9.82. The molecule has 0 saturated carbocycles. The molecule has 0 fully saturated rings. The van der Waals surface area contributed by atoms with Crippen LogP contribution in [0.15, 0.2) is 34.1 Å². The molecule has 8 heteroatoms. The Hall–Kier alpha value is -1.90. The van der Waals surface area contributed by atoms with Gasteiger partial charge in [-0.25, -0.2) is 0 Å². The van der Waals surface area contributed by atoms with Crippen molar-refractivity contribution in [3.05, 3.63) is 52.1 Å². The van der Waals surface area contributed by atoms with Crippen LogP contribution in [0.4, 0.5) is 0 Å². The Bertz CT molecular complexity index is 1210. The van der Waals surface area contributed by atoms with Gasteiger partial charge >= 0.3 is 10.1 Å². The van der Waals surface area contributed by atoms with E-state index in [2.05, 4.69) is 13.8 Å². The molecular weight excluding hydrogens is 460 g/mol. The zero-order chi connectivity index (χ0) is 25.5. The largest absolute Gasteiger partial charge is 0.379 e. The van der Waals surface area contributed by atoms with Crippen LogP contribution in [0.1, 0.15) is 107 Å². The molecule has 184 valence electrons. The van der Waals surface area contributed by atoms with Crippen LogP contribution in [0.3, 0.4) is 0 Å². The molecule has 0 aromatic heterocycles. The van der Waals surface area contributed by atoms with E-state index in [-0.39, 0.29) is 44.8 Å². The van der Waals surface area contributed by atoms with E-state index in [1.54, 1.807) is 20.8 Å². The van der Waals surface area contributed by atoms with Gasteiger partial charge in [0.15, 0.2) is 0 Å². The van der Waals surface area contributed by atoms with Gasteiger partial charge in [0.2, 0.25) is 0 Å². The maximum absolute atomic E-state index is 13.7. The summed E-state index contributed by atoms with van der Waals surface area (Å²) in [5.41, 5.74) is 3.04. The van der Waals surface area contributed by atoms with Crippen molar-refractivity contribution in [2.45, 2.75) is 95.8 Å². The summed E-state index contributed by atoms with van der Waals surface area (Å²) in [4.78, 5) is -0.0759. The molecule has 0 aliphatic rings. The summed E-state index contributed by atoms with van der Waals surface area (Å²) in [6.45, 7) is 17.0. The van der Waals surface area contributed by atoms with E-state index in [1.165, 1.54) is 12.1 Å². The minimum Gasteiger partial charge on any atom is -0.379 e. The van der Waals surface area contributed by atoms with Crippen molar-refractivity contribution in [3.63, 3.8) is 0 Å². The molecule has 0 atom stereocenters. The summed E-state index contributed by atoms with van der Waals surface area (Å²) < 4.78 is 66.3. The molecule has 2 rings (SSSR count). The highest BCUT2D eigenvalue weighted by atomic mass is 32.2. The van der Waals surface area contributed by atoms with Gasteiger partial charge in [0.1, 0.15) is 10.6 Å². The maximum atomic E-state index is 13.7. The molecule has 2 aromatic rings. The summed E-state index contributed by atoms with van der Waals surface area (Å²) >= 11 is 0. The third-order valence-electron chi connectivity index (χ3n) is 5.74. The molecule has 0 aliphatic carbocycles. The zero-order valence-corrected chi connectivity index (χ0v) is 22.6. The summed E-state index contributed by atoms with van der Waals surface area (Å²) in [6.07, 6.45) is 0. The van der Waals surface area contributed by atoms with E-state index in [4.69, 9.17) is 4.18 Å². The van der Waals surface area contributed by atoms with Gasteiger partial charge in [0, 0.05) is 0 Å². The first-order valence-corrected chi connectivity index (χ1v) is 14.1. The lowest BCUT2D eigenvalue weighted by Crippen LogP contribution is -2.18. The molecule has 1 N–H and O–H groups in total. The minimum absolute atomic E-state index is 0.0449. The summed E-state index contributed by atoms with van der Waals surface area (Å²) in [7, 11) is -8.70. The lowest BCUT2D eigenvalue weighted by molar-refractivity contribution is 0.476. The van der Waals surface area contributed by atoms with Crippen LogP contribution in [0.5, 0.6) is 5.75 Å². The smallest absolute Gasteiger partial charge is 0.339 e. The Balaban J connectivity index is 2.78. The quantitative estimate of drug-likeness (QED) is 0.331.